The lowest BCUT2D eigenvalue weighted by molar-refractivity contribution is -0.204. The highest BCUT2D eigenvalue weighted by molar-refractivity contribution is 7.52. The van der Waals surface area contributed by atoms with Gasteiger partial charge in [-0.15, -0.1) is 0 Å². The summed E-state index contributed by atoms with van der Waals surface area (Å²) in [6, 6.07) is 0. The monoisotopic (exact) mass is 598 g/mol. The van der Waals surface area contributed by atoms with Gasteiger partial charge in [0.25, 0.3) is 0 Å². The second-order valence-corrected chi connectivity index (χ2v) is 13.3. The molecule has 10 nitrogen and oxygen atoms in total. The van der Waals surface area contributed by atoms with Gasteiger partial charge in [-0.1, -0.05) is 103 Å². The van der Waals surface area contributed by atoms with Crippen LogP contribution in [0.25, 0.3) is 0 Å². The Bertz CT molecular complexity index is 654. The van der Waals surface area contributed by atoms with Crippen LogP contribution in [-0.2, 0) is 18.6 Å². The predicted molar refractivity (Wildman–Crippen MR) is 155 cm³/mol. The molecule has 240 valence electrons. The highest BCUT2D eigenvalue weighted by Crippen LogP contribution is 2.47. The van der Waals surface area contributed by atoms with Crippen LogP contribution in [0, 0.1) is 5.92 Å². The molecule has 0 bridgehead atoms. The first-order chi connectivity index (χ1) is 19.2. The molecule has 6 N–H and O–H groups in total. The summed E-state index contributed by atoms with van der Waals surface area (Å²) >= 11 is 0. The normalized spacial score (nSPS) is 27.5. The maximum atomic E-state index is 12.7. The van der Waals surface area contributed by atoms with Crippen molar-refractivity contribution in [1.82, 2.24) is 0 Å². The van der Waals surface area contributed by atoms with E-state index in [0.717, 1.165) is 19.3 Å². The molecule has 1 saturated carbocycles. The minimum absolute atomic E-state index is 0.0829. The number of hydrogen-bond donors (Lipinski definition) is 6. The number of hydrogen-bond acceptors (Lipinski definition) is 9. The van der Waals surface area contributed by atoms with E-state index in [0.29, 0.717) is 6.61 Å². The Hall–Kier alpha value is -0.130. The van der Waals surface area contributed by atoms with Crippen LogP contribution >= 0.6 is 7.60 Å². The summed E-state index contributed by atoms with van der Waals surface area (Å²) in [5.41, 5.74) is 0. The molecule has 8 atom stereocenters. The average Bonchev–Trinajstić information content (AvgIpc) is 2.93. The lowest BCUT2D eigenvalue weighted by Crippen LogP contribution is -2.62. The van der Waals surface area contributed by atoms with E-state index in [4.69, 9.17) is 14.0 Å². The predicted octanol–water partition coefficient (Wildman–Crippen LogP) is 3.92. The molecule has 11 heteroatoms. The van der Waals surface area contributed by atoms with Crippen molar-refractivity contribution >= 4 is 7.60 Å². The summed E-state index contributed by atoms with van der Waals surface area (Å²) in [7, 11) is -3.00. The van der Waals surface area contributed by atoms with Gasteiger partial charge in [-0.3, -0.25) is 9.09 Å². The lowest BCUT2D eigenvalue weighted by atomic mass is 9.79. The summed E-state index contributed by atoms with van der Waals surface area (Å²) in [6.45, 7) is 2.15. The summed E-state index contributed by atoms with van der Waals surface area (Å²) < 4.78 is 28.7. The molecular weight excluding hydrogens is 539 g/mol. The fraction of sp³-hybridized carbons (Fsp3) is 1.00. The summed E-state index contributed by atoms with van der Waals surface area (Å²) in [4.78, 5) is 10.3. The van der Waals surface area contributed by atoms with Crippen molar-refractivity contribution < 1.29 is 49.0 Å². The number of methoxy groups -OCH3 is 1. The minimum Gasteiger partial charge on any atom is -0.396 e. The first-order valence-corrected chi connectivity index (χ1v) is 17.4. The highest BCUT2D eigenvalue weighted by Gasteiger charge is 2.51. The standard InChI is InChI=1S/C29H59O10P/c1-3-4-5-6-7-8-9-10-11-12-13-14-15-16-17-18-19-38-21-23(37-2)22-40(35,36)39-29-26(32)24(20-30)25(31)27(33)28(29)34/h23-34H,3-22H2,1-2H3,(H,35,36)/t23-,24+,25-,26-,27+,28-,29-/m1/s1. The average molecular weight is 599 g/mol. The smallest absolute Gasteiger partial charge is 0.331 e. The van der Waals surface area contributed by atoms with Gasteiger partial charge in [0.05, 0.1) is 37.7 Å². The van der Waals surface area contributed by atoms with Crippen LogP contribution in [0.5, 0.6) is 0 Å². The van der Waals surface area contributed by atoms with Gasteiger partial charge < -0.3 is 39.9 Å². The molecule has 0 aromatic carbocycles. The summed E-state index contributed by atoms with van der Waals surface area (Å²) in [5.74, 6) is -1.23. The molecule has 1 aliphatic rings. The molecule has 0 spiro atoms. The van der Waals surface area contributed by atoms with Crippen molar-refractivity contribution in [3.8, 4) is 0 Å². The number of ether oxygens (including phenoxy) is 2. The van der Waals surface area contributed by atoms with Gasteiger partial charge in [-0.2, -0.15) is 0 Å². The topological polar surface area (TPSA) is 166 Å². The summed E-state index contributed by atoms with van der Waals surface area (Å²) in [6.07, 6.45) is 11.0. The molecule has 40 heavy (non-hydrogen) atoms. The maximum Gasteiger partial charge on any atom is 0.331 e. The van der Waals surface area contributed by atoms with E-state index in [1.807, 2.05) is 0 Å². The quantitative estimate of drug-likeness (QED) is 0.0670. The number of aliphatic hydroxyl groups is 5. The molecule has 1 unspecified atom stereocenters. The Kier molecular flexibility index (Phi) is 21.2. The maximum absolute atomic E-state index is 12.7. The zero-order valence-corrected chi connectivity index (χ0v) is 25.8. The van der Waals surface area contributed by atoms with E-state index in [9.17, 15) is 35.0 Å². The highest BCUT2D eigenvalue weighted by atomic mass is 31.2. The summed E-state index contributed by atoms with van der Waals surface area (Å²) in [5, 5.41) is 49.7. The first kappa shape index (κ1) is 37.9. The van der Waals surface area contributed by atoms with Crippen LogP contribution in [0.1, 0.15) is 110 Å². The third-order valence-electron chi connectivity index (χ3n) is 7.96. The lowest BCUT2D eigenvalue weighted by Gasteiger charge is -2.43. The van der Waals surface area contributed by atoms with Crippen molar-refractivity contribution in [3.05, 3.63) is 0 Å². The minimum atomic E-state index is -4.38. The molecule has 0 aromatic heterocycles. The fourth-order valence-electron chi connectivity index (χ4n) is 5.29. The van der Waals surface area contributed by atoms with Gasteiger partial charge in [0.1, 0.15) is 18.3 Å². The molecule has 0 heterocycles. The number of unbranched alkanes of at least 4 members (excludes halogenated alkanes) is 15. The van der Waals surface area contributed by atoms with Crippen molar-refractivity contribution in [3.63, 3.8) is 0 Å². The molecule has 1 rings (SSSR count). The van der Waals surface area contributed by atoms with E-state index in [-0.39, 0.29) is 6.61 Å². The third-order valence-corrected chi connectivity index (χ3v) is 9.40. The SMILES string of the molecule is CCCCCCCCCCCCCCCCCCOC[C@H](CP(=O)(O)O[C@H]1[C@H](O)[C@@H](O)[C@H](O)[C@H](CO)[C@H]1O)OC. The molecule has 0 aromatic rings. The molecular formula is C29H59O10P. The van der Waals surface area contributed by atoms with Gasteiger partial charge in [0.15, 0.2) is 0 Å². The Morgan fingerprint density at radius 2 is 1.18 bits per heavy atom. The third kappa shape index (κ3) is 15.4. The van der Waals surface area contributed by atoms with E-state index in [2.05, 4.69) is 6.92 Å². The van der Waals surface area contributed by atoms with Crippen molar-refractivity contribution in [2.45, 2.75) is 146 Å². The van der Waals surface area contributed by atoms with Crippen LogP contribution in [-0.4, -0.2) is 100 Å². The van der Waals surface area contributed by atoms with Crippen LogP contribution in [0.3, 0.4) is 0 Å². The molecule has 0 amide bonds. The van der Waals surface area contributed by atoms with Crippen molar-refractivity contribution in [2.24, 2.45) is 5.92 Å². The molecule has 0 radical (unpaired) electrons. The van der Waals surface area contributed by atoms with Crippen molar-refractivity contribution in [2.75, 3.05) is 33.1 Å². The van der Waals surface area contributed by atoms with Crippen LogP contribution in [0.15, 0.2) is 0 Å². The van der Waals surface area contributed by atoms with Gasteiger partial charge in [0, 0.05) is 19.6 Å². The van der Waals surface area contributed by atoms with Gasteiger partial charge >= 0.3 is 7.60 Å². The zero-order valence-electron chi connectivity index (χ0n) is 24.9. The second-order valence-electron chi connectivity index (χ2n) is 11.4. The van der Waals surface area contributed by atoms with Crippen LogP contribution in [0.2, 0.25) is 0 Å². The number of aliphatic hydroxyl groups excluding tert-OH is 5. The van der Waals surface area contributed by atoms with E-state index in [1.54, 1.807) is 0 Å². The Morgan fingerprint density at radius 3 is 1.62 bits per heavy atom. The van der Waals surface area contributed by atoms with Crippen molar-refractivity contribution in [1.29, 1.82) is 0 Å². The molecule has 1 fully saturated rings. The van der Waals surface area contributed by atoms with Gasteiger partial charge in [0.2, 0.25) is 0 Å². The Labute approximate surface area is 242 Å². The van der Waals surface area contributed by atoms with Gasteiger partial charge in [-0.05, 0) is 6.42 Å². The van der Waals surface area contributed by atoms with Gasteiger partial charge in [-0.25, -0.2) is 0 Å². The Morgan fingerprint density at radius 1 is 0.700 bits per heavy atom. The molecule has 0 aliphatic heterocycles. The Balaban J connectivity index is 2.11. The first-order valence-electron chi connectivity index (χ1n) is 15.6. The zero-order chi connectivity index (χ0) is 29.8. The molecule has 0 saturated heterocycles. The van der Waals surface area contributed by atoms with E-state index < -0.39 is 62.9 Å². The van der Waals surface area contributed by atoms with Crippen LogP contribution < -0.4 is 0 Å². The second kappa shape index (κ2) is 22.4. The van der Waals surface area contributed by atoms with E-state index in [1.165, 1.54) is 90.6 Å². The van der Waals surface area contributed by atoms with E-state index >= 15 is 0 Å². The fourth-order valence-corrected chi connectivity index (χ4v) is 6.78. The molecule has 1 aliphatic carbocycles. The van der Waals surface area contributed by atoms with Crippen LogP contribution in [0.4, 0.5) is 0 Å². The number of rotatable bonds is 25. The largest absolute Gasteiger partial charge is 0.396 e.